The van der Waals surface area contributed by atoms with Gasteiger partial charge in [-0.05, 0) is 54.4 Å². The lowest BCUT2D eigenvalue weighted by Gasteiger charge is -2.59. The third kappa shape index (κ3) is 2.36. The normalized spacial score (nSPS) is 46.1. The van der Waals surface area contributed by atoms with E-state index in [-0.39, 0.29) is 28.5 Å². The summed E-state index contributed by atoms with van der Waals surface area (Å²) in [5, 5.41) is 11.1. The first-order valence-corrected chi connectivity index (χ1v) is 9.26. The molecule has 0 aromatic rings. The lowest BCUT2D eigenvalue weighted by Crippen LogP contribution is -2.55. The summed E-state index contributed by atoms with van der Waals surface area (Å²) >= 11 is 0. The first-order chi connectivity index (χ1) is 10.7. The molecule has 2 heteroatoms. The van der Waals surface area contributed by atoms with E-state index < -0.39 is 0 Å². The number of allylic oxidation sites excluding steroid dienone is 1. The van der Waals surface area contributed by atoms with Gasteiger partial charge in [-0.3, -0.25) is 0 Å². The summed E-state index contributed by atoms with van der Waals surface area (Å²) in [7, 11) is 1.81. The Bertz CT molecular complexity index is 532. The van der Waals surface area contributed by atoms with Crippen LogP contribution in [0.3, 0.4) is 0 Å². The minimum Gasteiger partial charge on any atom is -0.392 e. The molecule has 1 saturated carbocycles. The first-order valence-electron chi connectivity index (χ1n) is 9.26. The van der Waals surface area contributed by atoms with Gasteiger partial charge in [-0.1, -0.05) is 45.8 Å². The van der Waals surface area contributed by atoms with E-state index >= 15 is 0 Å². The Hall–Kier alpha value is -0.600. The van der Waals surface area contributed by atoms with Crippen LogP contribution >= 0.6 is 0 Å². The second-order valence-corrected chi connectivity index (χ2v) is 9.34. The van der Waals surface area contributed by atoms with Gasteiger partial charge in [-0.2, -0.15) is 0 Å². The highest BCUT2D eigenvalue weighted by atomic mass is 16.5. The standard InChI is InChI=1S/C21H34O2/c1-7-20(4)12-9-15-14(18(20)23-6)13-16(22)17-19(2,3)10-8-11-21(15,17)5/h7,16-18,22H,1,8-13H2,2-6H3/t16-,17+,18-,20+,21-/m1/s1. The van der Waals surface area contributed by atoms with Gasteiger partial charge in [0, 0.05) is 12.5 Å². The fraction of sp³-hybridized carbons (Fsp3) is 0.810. The van der Waals surface area contributed by atoms with Crippen molar-refractivity contribution in [3.63, 3.8) is 0 Å². The van der Waals surface area contributed by atoms with Crippen molar-refractivity contribution in [1.82, 2.24) is 0 Å². The highest BCUT2D eigenvalue weighted by molar-refractivity contribution is 5.37. The minimum absolute atomic E-state index is 0.0132. The topological polar surface area (TPSA) is 29.5 Å². The van der Waals surface area contributed by atoms with Crippen LogP contribution in [-0.4, -0.2) is 24.4 Å². The van der Waals surface area contributed by atoms with Gasteiger partial charge in [0.15, 0.2) is 0 Å². The van der Waals surface area contributed by atoms with E-state index in [4.69, 9.17) is 4.74 Å². The molecule has 5 atom stereocenters. The van der Waals surface area contributed by atoms with Gasteiger partial charge in [0.1, 0.15) is 0 Å². The summed E-state index contributed by atoms with van der Waals surface area (Å²) in [6.07, 6.45) is 8.60. The third-order valence-corrected chi connectivity index (χ3v) is 7.47. The van der Waals surface area contributed by atoms with Gasteiger partial charge < -0.3 is 9.84 Å². The molecule has 0 aliphatic heterocycles. The second-order valence-electron chi connectivity index (χ2n) is 9.34. The Morgan fingerprint density at radius 2 is 1.87 bits per heavy atom. The Morgan fingerprint density at radius 1 is 1.17 bits per heavy atom. The predicted octanol–water partition coefficient (Wildman–Crippen LogP) is 4.88. The number of aliphatic hydroxyl groups is 1. The molecule has 1 fully saturated rings. The Balaban J connectivity index is 2.12. The number of ether oxygens (including phenoxy) is 1. The molecular weight excluding hydrogens is 284 g/mol. The zero-order valence-electron chi connectivity index (χ0n) is 15.6. The number of hydrogen-bond acceptors (Lipinski definition) is 2. The summed E-state index contributed by atoms with van der Waals surface area (Å²) in [6, 6.07) is 0. The maximum absolute atomic E-state index is 11.1. The fourth-order valence-electron chi connectivity index (χ4n) is 6.46. The van der Waals surface area contributed by atoms with Crippen molar-refractivity contribution in [3.05, 3.63) is 23.8 Å². The van der Waals surface area contributed by atoms with Crippen LogP contribution < -0.4 is 0 Å². The zero-order chi connectivity index (χ0) is 17.0. The van der Waals surface area contributed by atoms with E-state index in [0.717, 1.165) is 19.3 Å². The highest BCUT2D eigenvalue weighted by Gasteiger charge is 2.57. The number of fused-ring (bicyclic) bond motifs is 2. The van der Waals surface area contributed by atoms with Gasteiger partial charge in [-0.25, -0.2) is 0 Å². The molecule has 0 aromatic heterocycles. The van der Waals surface area contributed by atoms with E-state index in [1.54, 1.807) is 5.57 Å². The van der Waals surface area contributed by atoms with Gasteiger partial charge in [0.05, 0.1) is 12.2 Å². The highest BCUT2D eigenvalue weighted by Crippen LogP contribution is 2.63. The maximum Gasteiger partial charge on any atom is 0.0872 e. The quantitative estimate of drug-likeness (QED) is 0.735. The minimum atomic E-state index is -0.251. The molecule has 23 heavy (non-hydrogen) atoms. The Labute approximate surface area is 142 Å². The van der Waals surface area contributed by atoms with Crippen LogP contribution in [0.25, 0.3) is 0 Å². The van der Waals surface area contributed by atoms with Gasteiger partial charge in [0.25, 0.3) is 0 Å². The summed E-state index contributed by atoms with van der Waals surface area (Å²) < 4.78 is 5.95. The van der Waals surface area contributed by atoms with E-state index in [1.165, 1.54) is 24.8 Å². The number of aliphatic hydroxyl groups excluding tert-OH is 1. The van der Waals surface area contributed by atoms with Gasteiger partial charge in [0.2, 0.25) is 0 Å². The third-order valence-electron chi connectivity index (χ3n) is 7.47. The lowest BCUT2D eigenvalue weighted by molar-refractivity contribution is -0.0871. The number of methoxy groups -OCH3 is 1. The average molecular weight is 319 g/mol. The molecule has 0 radical (unpaired) electrons. The maximum atomic E-state index is 11.1. The van der Waals surface area contributed by atoms with Crippen LogP contribution in [0.5, 0.6) is 0 Å². The van der Waals surface area contributed by atoms with E-state index in [1.807, 2.05) is 7.11 Å². The molecule has 3 rings (SSSR count). The van der Waals surface area contributed by atoms with Gasteiger partial charge in [-0.15, -0.1) is 6.58 Å². The largest absolute Gasteiger partial charge is 0.392 e. The van der Waals surface area contributed by atoms with Crippen molar-refractivity contribution in [2.24, 2.45) is 22.2 Å². The van der Waals surface area contributed by atoms with Crippen LogP contribution in [0.1, 0.15) is 66.2 Å². The lowest BCUT2D eigenvalue weighted by atomic mass is 9.47. The van der Waals surface area contributed by atoms with E-state index in [9.17, 15) is 5.11 Å². The van der Waals surface area contributed by atoms with Crippen LogP contribution in [-0.2, 0) is 4.74 Å². The molecule has 0 saturated heterocycles. The molecule has 1 N–H and O–H groups in total. The molecule has 0 amide bonds. The molecule has 0 unspecified atom stereocenters. The summed E-state index contributed by atoms with van der Waals surface area (Å²) in [6.45, 7) is 13.4. The molecule has 0 bridgehead atoms. The summed E-state index contributed by atoms with van der Waals surface area (Å²) in [5.74, 6) is 0.369. The van der Waals surface area contributed by atoms with Crippen molar-refractivity contribution in [2.75, 3.05) is 7.11 Å². The van der Waals surface area contributed by atoms with Crippen molar-refractivity contribution >= 4 is 0 Å². The van der Waals surface area contributed by atoms with Crippen molar-refractivity contribution < 1.29 is 9.84 Å². The zero-order valence-corrected chi connectivity index (χ0v) is 15.6. The average Bonchev–Trinajstić information content (AvgIpc) is 2.45. The van der Waals surface area contributed by atoms with Gasteiger partial charge >= 0.3 is 0 Å². The molecule has 0 spiro atoms. The first kappa shape index (κ1) is 17.2. The van der Waals surface area contributed by atoms with Crippen molar-refractivity contribution in [2.45, 2.75) is 78.4 Å². The summed E-state index contributed by atoms with van der Waals surface area (Å²) in [5.41, 5.74) is 3.32. The number of rotatable bonds is 2. The predicted molar refractivity (Wildman–Crippen MR) is 95.2 cm³/mol. The molecule has 3 aliphatic carbocycles. The molecule has 3 aliphatic rings. The van der Waals surface area contributed by atoms with Crippen LogP contribution in [0.15, 0.2) is 23.8 Å². The smallest absolute Gasteiger partial charge is 0.0872 e. The monoisotopic (exact) mass is 318 g/mol. The second kappa shape index (κ2) is 5.46. The van der Waals surface area contributed by atoms with E-state index in [0.29, 0.717) is 5.92 Å². The molecule has 130 valence electrons. The molecular formula is C21H34O2. The van der Waals surface area contributed by atoms with Crippen LogP contribution in [0.2, 0.25) is 0 Å². The molecule has 2 nitrogen and oxygen atoms in total. The van der Waals surface area contributed by atoms with Crippen molar-refractivity contribution in [1.29, 1.82) is 0 Å². The Morgan fingerprint density at radius 3 is 2.48 bits per heavy atom. The Kier molecular flexibility index (Phi) is 4.09. The van der Waals surface area contributed by atoms with Crippen LogP contribution in [0, 0.1) is 22.2 Å². The van der Waals surface area contributed by atoms with Crippen LogP contribution in [0.4, 0.5) is 0 Å². The summed E-state index contributed by atoms with van der Waals surface area (Å²) in [4.78, 5) is 0. The molecule has 0 aromatic carbocycles. The number of hydrogen-bond donors (Lipinski definition) is 1. The molecule has 0 heterocycles. The SMILES string of the molecule is C=C[C@@]1(C)CCC2=C(C[C@@H](O)[C@H]3C(C)(C)CCC[C@]23C)[C@H]1OC. The van der Waals surface area contributed by atoms with Crippen molar-refractivity contribution in [3.8, 4) is 0 Å². The van der Waals surface area contributed by atoms with E-state index in [2.05, 4.69) is 40.3 Å². The fourth-order valence-corrected chi connectivity index (χ4v) is 6.46.